The summed E-state index contributed by atoms with van der Waals surface area (Å²) in [6.45, 7) is 6.06. The molecule has 0 N–H and O–H groups in total. The van der Waals surface area contributed by atoms with E-state index in [1.165, 1.54) is 4.31 Å². The number of rotatable bonds is 2. The molecule has 2 aliphatic rings. The van der Waals surface area contributed by atoms with Crippen LogP contribution in [0, 0.1) is 11.8 Å². The topological polar surface area (TPSA) is 40.6 Å². The molecule has 0 spiro atoms. The molecule has 6 heteroatoms. The van der Waals surface area contributed by atoms with Crippen LogP contribution in [0.4, 0.5) is 0 Å². The van der Waals surface area contributed by atoms with Gasteiger partial charge >= 0.3 is 0 Å². The van der Waals surface area contributed by atoms with E-state index in [0.29, 0.717) is 24.9 Å². The summed E-state index contributed by atoms with van der Waals surface area (Å²) in [4.78, 5) is 0. The van der Waals surface area contributed by atoms with Crippen molar-refractivity contribution in [1.29, 1.82) is 0 Å². The largest absolute Gasteiger partial charge is 0.235 e. The van der Waals surface area contributed by atoms with E-state index in [1.807, 2.05) is 0 Å². The van der Waals surface area contributed by atoms with Crippen molar-refractivity contribution < 1.29 is 8.42 Å². The molecule has 4 nitrogen and oxygen atoms in total. The molecule has 0 aromatic rings. The monoisotopic (exact) mass is 236 g/mol. The molecule has 2 fully saturated rings. The molecule has 14 heavy (non-hydrogen) atoms. The van der Waals surface area contributed by atoms with Gasteiger partial charge in [-0.15, -0.1) is 0 Å². The zero-order chi connectivity index (χ0) is 10.3. The van der Waals surface area contributed by atoms with Crippen molar-refractivity contribution >= 4 is 21.8 Å². The third-order valence-corrected chi connectivity index (χ3v) is 4.69. The van der Waals surface area contributed by atoms with Crippen LogP contribution in [0.15, 0.2) is 12.0 Å². The molecule has 2 atom stereocenters. The van der Waals surface area contributed by atoms with E-state index in [0.717, 1.165) is 18.5 Å². The van der Waals surface area contributed by atoms with Crippen molar-refractivity contribution in [2.45, 2.75) is 0 Å². The minimum atomic E-state index is -3.22. The van der Waals surface area contributed by atoms with E-state index < -0.39 is 10.0 Å². The molecule has 0 aromatic carbocycles. The zero-order valence-electron chi connectivity index (χ0n) is 7.76. The summed E-state index contributed by atoms with van der Waals surface area (Å²) in [7, 11) is -3.22. The van der Waals surface area contributed by atoms with Gasteiger partial charge in [-0.3, -0.25) is 0 Å². The second-order valence-corrected chi connectivity index (χ2v) is 6.23. The van der Waals surface area contributed by atoms with Crippen molar-refractivity contribution in [1.82, 2.24) is 8.72 Å². The highest BCUT2D eigenvalue weighted by atomic mass is 35.5. The van der Waals surface area contributed by atoms with Gasteiger partial charge in [-0.25, -0.2) is 12.8 Å². The first-order valence-corrected chi connectivity index (χ1v) is 6.40. The lowest BCUT2D eigenvalue weighted by Crippen LogP contribution is -2.29. The normalized spacial score (nSPS) is 34.6. The van der Waals surface area contributed by atoms with Crippen molar-refractivity contribution in [3.8, 4) is 0 Å². The highest BCUT2D eigenvalue weighted by molar-refractivity contribution is 7.92. The molecule has 0 radical (unpaired) electrons. The van der Waals surface area contributed by atoms with Gasteiger partial charge in [0.2, 0.25) is 10.0 Å². The third-order valence-electron chi connectivity index (χ3n) is 2.98. The minimum absolute atomic E-state index is 0.391. The Morgan fingerprint density at radius 3 is 2.14 bits per heavy atom. The highest BCUT2D eigenvalue weighted by Gasteiger charge is 2.42. The first-order valence-electron chi connectivity index (χ1n) is 4.56. The lowest BCUT2D eigenvalue weighted by Gasteiger charge is -2.15. The minimum Gasteiger partial charge on any atom is -0.219 e. The Morgan fingerprint density at radius 2 is 1.71 bits per heavy atom. The lowest BCUT2D eigenvalue weighted by molar-refractivity contribution is 0.418. The maximum absolute atomic E-state index is 11.5. The summed E-state index contributed by atoms with van der Waals surface area (Å²) in [5.74, 6) is 0.782. The molecule has 0 aliphatic carbocycles. The Balaban J connectivity index is 2.08. The van der Waals surface area contributed by atoms with Crippen LogP contribution in [0.3, 0.4) is 0 Å². The molecule has 2 rings (SSSR count). The van der Waals surface area contributed by atoms with Gasteiger partial charge in [-0.1, -0.05) is 6.58 Å². The molecular weight excluding hydrogens is 224 g/mol. The molecule has 2 aliphatic heterocycles. The van der Waals surface area contributed by atoms with Crippen LogP contribution in [-0.2, 0) is 10.0 Å². The summed E-state index contributed by atoms with van der Waals surface area (Å²) >= 11 is 5.86. The Labute approximate surface area is 89.3 Å². The number of nitrogens with zero attached hydrogens (tertiary/aromatic N) is 2. The van der Waals surface area contributed by atoms with Crippen LogP contribution in [-0.4, -0.2) is 43.3 Å². The predicted molar refractivity (Wildman–Crippen MR) is 55.1 cm³/mol. The van der Waals surface area contributed by atoms with Gasteiger partial charge in [0, 0.05) is 31.6 Å². The first kappa shape index (κ1) is 10.4. The first-order chi connectivity index (χ1) is 6.53. The van der Waals surface area contributed by atoms with Gasteiger partial charge in [0.1, 0.15) is 0 Å². The average Bonchev–Trinajstić information content (AvgIpc) is 2.61. The summed E-state index contributed by atoms with van der Waals surface area (Å²) in [6, 6.07) is 0. The van der Waals surface area contributed by atoms with Crippen LogP contribution >= 0.6 is 11.8 Å². The van der Waals surface area contributed by atoms with E-state index in [-0.39, 0.29) is 0 Å². The number of hydrogen-bond acceptors (Lipinski definition) is 3. The lowest BCUT2D eigenvalue weighted by atomic mass is 10.0. The summed E-state index contributed by atoms with van der Waals surface area (Å²) in [5.41, 5.74) is 0. The van der Waals surface area contributed by atoms with Gasteiger partial charge in [-0.05, 0) is 23.6 Å². The standard InChI is InChI=1S/C8H13ClN2O2S/c1-2-14(12,13)11-5-7-3-10(9)4-8(7)6-11/h2,7-8H,1,3-6H2. The predicted octanol–water partition coefficient (Wildman–Crippen LogP) is 0.477. The van der Waals surface area contributed by atoms with E-state index in [4.69, 9.17) is 11.8 Å². The fourth-order valence-electron chi connectivity index (χ4n) is 2.21. The van der Waals surface area contributed by atoms with E-state index in [2.05, 4.69) is 6.58 Å². The SMILES string of the molecule is C=CS(=O)(=O)N1CC2CN(Cl)CC2C1. The fourth-order valence-corrected chi connectivity index (χ4v) is 3.57. The molecule has 0 bridgehead atoms. The van der Waals surface area contributed by atoms with Crippen LogP contribution in [0.25, 0.3) is 0 Å². The zero-order valence-corrected chi connectivity index (χ0v) is 9.34. The second kappa shape index (κ2) is 3.48. The number of sulfonamides is 1. The van der Waals surface area contributed by atoms with Crippen molar-refractivity contribution in [2.24, 2.45) is 11.8 Å². The summed E-state index contributed by atoms with van der Waals surface area (Å²) in [5, 5.41) is 1.02. The summed E-state index contributed by atoms with van der Waals surface area (Å²) < 4.78 is 26.2. The Morgan fingerprint density at radius 1 is 1.21 bits per heavy atom. The molecule has 2 saturated heterocycles. The summed E-state index contributed by atoms with van der Waals surface area (Å²) in [6.07, 6.45) is 0. The molecule has 80 valence electrons. The van der Waals surface area contributed by atoms with Gasteiger partial charge in [0.05, 0.1) is 0 Å². The highest BCUT2D eigenvalue weighted by Crippen LogP contribution is 2.33. The molecule has 2 unspecified atom stereocenters. The van der Waals surface area contributed by atoms with Crippen LogP contribution < -0.4 is 0 Å². The molecule has 0 amide bonds. The number of hydrogen-bond donors (Lipinski definition) is 0. The van der Waals surface area contributed by atoms with Crippen molar-refractivity contribution in [3.05, 3.63) is 12.0 Å². The van der Waals surface area contributed by atoms with Gasteiger partial charge in [0.25, 0.3) is 0 Å². The maximum atomic E-state index is 11.5. The number of halogens is 1. The van der Waals surface area contributed by atoms with Crippen LogP contribution in [0.5, 0.6) is 0 Å². The van der Waals surface area contributed by atoms with Gasteiger partial charge in [0.15, 0.2) is 0 Å². The maximum Gasteiger partial charge on any atom is 0.235 e. The van der Waals surface area contributed by atoms with Gasteiger partial charge < -0.3 is 0 Å². The van der Waals surface area contributed by atoms with Crippen LogP contribution in [0.2, 0.25) is 0 Å². The third kappa shape index (κ3) is 1.69. The molecule has 0 aromatic heterocycles. The average molecular weight is 237 g/mol. The quantitative estimate of drug-likeness (QED) is 0.655. The fraction of sp³-hybridized carbons (Fsp3) is 0.750. The molecular formula is C8H13ClN2O2S. The molecule has 0 saturated carbocycles. The van der Waals surface area contributed by atoms with E-state index in [9.17, 15) is 8.42 Å². The molecule has 2 heterocycles. The van der Waals surface area contributed by atoms with E-state index >= 15 is 0 Å². The Bertz CT molecular complexity index is 329. The Hall–Kier alpha value is -0.100. The van der Waals surface area contributed by atoms with E-state index in [1.54, 1.807) is 4.42 Å². The Kier molecular flexibility index (Phi) is 2.59. The van der Waals surface area contributed by atoms with Crippen LogP contribution in [0.1, 0.15) is 0 Å². The number of fused-ring (bicyclic) bond motifs is 1. The smallest absolute Gasteiger partial charge is 0.219 e. The van der Waals surface area contributed by atoms with Crippen molar-refractivity contribution in [3.63, 3.8) is 0 Å². The van der Waals surface area contributed by atoms with Crippen molar-refractivity contribution in [2.75, 3.05) is 26.2 Å². The second-order valence-electron chi connectivity index (χ2n) is 3.88. The van der Waals surface area contributed by atoms with Gasteiger partial charge in [-0.2, -0.15) is 4.31 Å².